The minimum atomic E-state index is -0.268. The van der Waals surface area contributed by atoms with E-state index in [-0.39, 0.29) is 23.7 Å². The van der Waals surface area contributed by atoms with Crippen LogP contribution in [0.1, 0.15) is 29.3 Å². The van der Waals surface area contributed by atoms with Gasteiger partial charge in [-0.1, -0.05) is 0 Å². The second-order valence-corrected chi connectivity index (χ2v) is 4.39. The van der Waals surface area contributed by atoms with Crippen LogP contribution in [0.3, 0.4) is 0 Å². The van der Waals surface area contributed by atoms with Gasteiger partial charge in [-0.05, 0) is 19.8 Å². The Morgan fingerprint density at radius 1 is 1.56 bits per heavy atom. The van der Waals surface area contributed by atoms with Crippen molar-refractivity contribution in [1.29, 1.82) is 0 Å². The van der Waals surface area contributed by atoms with Crippen molar-refractivity contribution in [2.75, 3.05) is 20.2 Å². The van der Waals surface area contributed by atoms with E-state index in [4.69, 9.17) is 9.15 Å². The maximum Gasteiger partial charge on any atom is 0.310 e. The zero-order valence-electron chi connectivity index (χ0n) is 10.5. The Bertz CT molecular complexity index is 455. The van der Waals surface area contributed by atoms with Gasteiger partial charge in [-0.3, -0.25) is 9.59 Å². The number of hydrogen-bond acceptors (Lipinski definition) is 5. The summed E-state index contributed by atoms with van der Waals surface area (Å²) in [5, 5.41) is 0. The van der Waals surface area contributed by atoms with E-state index in [2.05, 4.69) is 4.98 Å². The lowest BCUT2D eigenvalue weighted by atomic mass is 9.98. The molecular weight excluding hydrogens is 236 g/mol. The fraction of sp³-hybridized carbons (Fsp3) is 0.583. The van der Waals surface area contributed by atoms with Crippen molar-refractivity contribution in [1.82, 2.24) is 9.88 Å². The number of amides is 1. The maximum absolute atomic E-state index is 12.1. The van der Waals surface area contributed by atoms with E-state index in [9.17, 15) is 9.59 Å². The van der Waals surface area contributed by atoms with Gasteiger partial charge in [-0.2, -0.15) is 0 Å². The van der Waals surface area contributed by atoms with Gasteiger partial charge in [0.1, 0.15) is 5.76 Å². The molecular formula is C12H16N2O4. The monoisotopic (exact) mass is 252 g/mol. The summed E-state index contributed by atoms with van der Waals surface area (Å²) < 4.78 is 9.91. The summed E-state index contributed by atoms with van der Waals surface area (Å²) in [7, 11) is 1.36. The van der Waals surface area contributed by atoms with Crippen LogP contribution >= 0.6 is 0 Å². The molecule has 0 aromatic carbocycles. The number of oxazole rings is 1. The highest BCUT2D eigenvalue weighted by atomic mass is 16.5. The largest absolute Gasteiger partial charge is 0.469 e. The van der Waals surface area contributed by atoms with Gasteiger partial charge in [0.05, 0.1) is 19.2 Å². The number of carbonyl (C=O) groups excluding carboxylic acids is 2. The van der Waals surface area contributed by atoms with Gasteiger partial charge < -0.3 is 14.1 Å². The van der Waals surface area contributed by atoms with E-state index in [1.54, 1.807) is 11.8 Å². The summed E-state index contributed by atoms with van der Waals surface area (Å²) >= 11 is 0. The Kier molecular flexibility index (Phi) is 3.64. The van der Waals surface area contributed by atoms with Crippen LogP contribution in [0.25, 0.3) is 0 Å². The molecule has 1 amide bonds. The summed E-state index contributed by atoms with van der Waals surface area (Å²) in [6.45, 7) is 2.72. The highest BCUT2D eigenvalue weighted by Crippen LogP contribution is 2.19. The number of ether oxygens (including phenoxy) is 1. The normalized spacial score (nSPS) is 19.7. The standard InChI is InChI=1S/C12H16N2O4/c1-8-6-13-10(18-8)11(15)14-5-3-4-9(7-14)12(16)17-2/h6,9H,3-5,7H2,1-2H3. The molecule has 0 saturated carbocycles. The average Bonchev–Trinajstić information content (AvgIpc) is 2.83. The van der Waals surface area contributed by atoms with E-state index in [1.165, 1.54) is 13.3 Å². The SMILES string of the molecule is COC(=O)C1CCCN(C(=O)c2ncc(C)o2)C1. The van der Waals surface area contributed by atoms with Crippen LogP contribution in [-0.2, 0) is 9.53 Å². The first-order chi connectivity index (χ1) is 8.61. The molecule has 1 aliphatic heterocycles. The van der Waals surface area contributed by atoms with Crippen molar-refractivity contribution in [2.24, 2.45) is 5.92 Å². The molecule has 0 bridgehead atoms. The smallest absolute Gasteiger partial charge is 0.310 e. The first-order valence-corrected chi connectivity index (χ1v) is 5.91. The number of carbonyl (C=O) groups is 2. The molecule has 6 heteroatoms. The minimum Gasteiger partial charge on any atom is -0.469 e. The Balaban J connectivity index is 2.05. The van der Waals surface area contributed by atoms with Crippen LogP contribution in [0.5, 0.6) is 0 Å². The fourth-order valence-electron chi connectivity index (χ4n) is 2.11. The van der Waals surface area contributed by atoms with Gasteiger partial charge in [-0.15, -0.1) is 0 Å². The second kappa shape index (κ2) is 5.20. The molecule has 18 heavy (non-hydrogen) atoms. The van der Waals surface area contributed by atoms with Gasteiger partial charge in [0, 0.05) is 13.1 Å². The zero-order valence-corrected chi connectivity index (χ0v) is 10.5. The first-order valence-electron chi connectivity index (χ1n) is 5.91. The van der Waals surface area contributed by atoms with E-state index < -0.39 is 0 Å². The third kappa shape index (κ3) is 2.52. The molecule has 0 N–H and O–H groups in total. The zero-order chi connectivity index (χ0) is 13.1. The van der Waals surface area contributed by atoms with Crippen molar-refractivity contribution in [3.05, 3.63) is 17.8 Å². The summed E-state index contributed by atoms with van der Waals surface area (Å²) in [5.41, 5.74) is 0. The lowest BCUT2D eigenvalue weighted by Gasteiger charge is -2.30. The molecule has 2 rings (SSSR count). The molecule has 1 fully saturated rings. The maximum atomic E-state index is 12.1. The topological polar surface area (TPSA) is 72.6 Å². The van der Waals surface area contributed by atoms with Gasteiger partial charge in [0.25, 0.3) is 5.89 Å². The number of esters is 1. The number of aryl methyl sites for hydroxylation is 1. The fourth-order valence-corrected chi connectivity index (χ4v) is 2.11. The second-order valence-electron chi connectivity index (χ2n) is 4.39. The van der Waals surface area contributed by atoms with Crippen LogP contribution in [0.2, 0.25) is 0 Å². The van der Waals surface area contributed by atoms with E-state index in [1.807, 2.05) is 0 Å². The predicted octanol–water partition coefficient (Wildman–Crippen LogP) is 1.01. The van der Waals surface area contributed by atoms with Crippen LogP contribution in [0.15, 0.2) is 10.6 Å². The van der Waals surface area contributed by atoms with Gasteiger partial charge in [-0.25, -0.2) is 4.98 Å². The number of hydrogen-bond donors (Lipinski definition) is 0. The number of likely N-dealkylation sites (tertiary alicyclic amines) is 1. The van der Waals surface area contributed by atoms with E-state index in [0.717, 1.165) is 12.8 Å². The molecule has 0 aliphatic carbocycles. The van der Waals surface area contributed by atoms with Crippen LogP contribution in [-0.4, -0.2) is 42.0 Å². The molecule has 0 spiro atoms. The molecule has 1 unspecified atom stereocenters. The number of aromatic nitrogens is 1. The number of nitrogens with zero attached hydrogens (tertiary/aromatic N) is 2. The number of piperidine rings is 1. The van der Waals surface area contributed by atoms with Gasteiger partial charge in [0.15, 0.2) is 0 Å². The quantitative estimate of drug-likeness (QED) is 0.734. The summed E-state index contributed by atoms with van der Waals surface area (Å²) in [6.07, 6.45) is 3.04. The number of rotatable bonds is 2. The Morgan fingerprint density at radius 2 is 2.33 bits per heavy atom. The predicted molar refractivity (Wildman–Crippen MR) is 61.9 cm³/mol. The van der Waals surface area contributed by atoms with Gasteiger partial charge >= 0.3 is 11.9 Å². The molecule has 1 saturated heterocycles. The molecule has 1 aliphatic rings. The summed E-state index contributed by atoms with van der Waals surface area (Å²) in [4.78, 5) is 29.1. The highest BCUT2D eigenvalue weighted by molar-refractivity contribution is 5.90. The lowest BCUT2D eigenvalue weighted by molar-refractivity contribution is -0.146. The third-order valence-corrected chi connectivity index (χ3v) is 3.05. The van der Waals surface area contributed by atoms with Crippen LogP contribution < -0.4 is 0 Å². The highest BCUT2D eigenvalue weighted by Gasteiger charge is 2.31. The third-order valence-electron chi connectivity index (χ3n) is 3.05. The Labute approximate surface area is 105 Å². The molecule has 1 aromatic heterocycles. The molecule has 1 atom stereocenters. The van der Waals surface area contributed by atoms with Crippen molar-refractivity contribution < 1.29 is 18.7 Å². The minimum absolute atomic E-state index is 0.0815. The lowest BCUT2D eigenvalue weighted by Crippen LogP contribution is -2.42. The number of methoxy groups -OCH3 is 1. The Hall–Kier alpha value is -1.85. The van der Waals surface area contributed by atoms with Crippen molar-refractivity contribution in [3.63, 3.8) is 0 Å². The summed E-state index contributed by atoms with van der Waals surface area (Å²) in [5.74, 6) is -0.102. The Morgan fingerprint density at radius 3 is 2.94 bits per heavy atom. The van der Waals surface area contributed by atoms with Crippen molar-refractivity contribution >= 4 is 11.9 Å². The van der Waals surface area contributed by atoms with Crippen molar-refractivity contribution in [2.45, 2.75) is 19.8 Å². The first kappa shape index (κ1) is 12.6. The molecule has 98 valence electrons. The molecule has 1 aromatic rings. The van der Waals surface area contributed by atoms with Crippen molar-refractivity contribution in [3.8, 4) is 0 Å². The van der Waals surface area contributed by atoms with Gasteiger partial charge in [0.2, 0.25) is 0 Å². The van der Waals surface area contributed by atoms with E-state index in [0.29, 0.717) is 18.8 Å². The summed E-state index contributed by atoms with van der Waals surface area (Å²) in [6, 6.07) is 0. The molecule has 6 nitrogen and oxygen atoms in total. The van der Waals surface area contributed by atoms with E-state index >= 15 is 0 Å². The van der Waals surface area contributed by atoms with Crippen LogP contribution in [0, 0.1) is 12.8 Å². The molecule has 0 radical (unpaired) electrons. The average molecular weight is 252 g/mol. The molecule has 2 heterocycles. The van der Waals surface area contributed by atoms with Crippen LogP contribution in [0.4, 0.5) is 0 Å².